The van der Waals surface area contributed by atoms with Crippen LogP contribution < -0.4 is 10.6 Å². The van der Waals surface area contributed by atoms with Gasteiger partial charge in [-0.25, -0.2) is 19.6 Å². The number of rotatable bonds is 12. The van der Waals surface area contributed by atoms with E-state index in [1.54, 1.807) is 24.4 Å². The van der Waals surface area contributed by atoms with Crippen LogP contribution in [0.2, 0.25) is 0 Å². The molecule has 2 saturated heterocycles. The number of alkyl carbamates (subject to hydrolysis) is 2. The van der Waals surface area contributed by atoms with Crippen LogP contribution >= 0.6 is 0 Å². The predicted octanol–water partition coefficient (Wildman–Crippen LogP) is 10.2. The van der Waals surface area contributed by atoms with Gasteiger partial charge in [0, 0.05) is 29.3 Å². The fourth-order valence-corrected chi connectivity index (χ4v) is 11.7. The number of carbonyl (C=O) groups excluding carboxylic acids is 4. The van der Waals surface area contributed by atoms with Crippen LogP contribution in [-0.4, -0.2) is 85.5 Å². The Labute approximate surface area is 410 Å². The van der Waals surface area contributed by atoms with Crippen LogP contribution in [0, 0.1) is 23.2 Å². The van der Waals surface area contributed by atoms with Crippen molar-refractivity contribution in [3.63, 3.8) is 0 Å². The molecule has 2 aliphatic heterocycles. The van der Waals surface area contributed by atoms with E-state index in [1.807, 2.05) is 98.2 Å². The van der Waals surface area contributed by atoms with Gasteiger partial charge in [0.15, 0.2) is 0 Å². The maximum absolute atomic E-state index is 16.8. The van der Waals surface area contributed by atoms with Gasteiger partial charge in [-0.3, -0.25) is 9.59 Å². The maximum atomic E-state index is 16.8. The van der Waals surface area contributed by atoms with Gasteiger partial charge in [-0.2, -0.15) is 8.78 Å². The number of benzene rings is 4. The first-order chi connectivity index (χ1) is 34.1. The van der Waals surface area contributed by atoms with Crippen LogP contribution in [0.25, 0.3) is 44.5 Å². The molecular weight excluding hydrogens is 907 g/mol. The number of methoxy groups -OCH3 is 1. The summed E-state index contributed by atoms with van der Waals surface area (Å²) < 4.78 is 43.9. The normalized spacial score (nSPS) is 21.9. The van der Waals surface area contributed by atoms with Gasteiger partial charge in [0.25, 0.3) is 5.92 Å². The van der Waals surface area contributed by atoms with Crippen LogP contribution in [0.3, 0.4) is 0 Å². The van der Waals surface area contributed by atoms with Crippen molar-refractivity contribution < 1.29 is 37.4 Å². The molecule has 4 N–H and O–H groups in total. The molecule has 4 aromatic carbocycles. The van der Waals surface area contributed by atoms with E-state index in [4.69, 9.17) is 19.4 Å². The SMILES string of the molecule is COC(=O)N[C@H](C(=O)N1C2CCC(C2)[C@H]1c1nc2ccc(-c3ccc4c(c3)C(F)(F)c3cc(-c5cnc(C6CC7(CC7)CN6C(=O)C(NC(=O)OCc6ccccc6)C(C)C)[nH]5)ccc3-4)cc2[nH]1)C(C)C. The molecule has 4 unspecified atom stereocenters. The van der Waals surface area contributed by atoms with Crippen molar-refractivity contribution in [2.24, 2.45) is 23.2 Å². The summed E-state index contributed by atoms with van der Waals surface area (Å²) in [4.78, 5) is 73.9. The number of aromatic amines is 2. The second kappa shape index (κ2) is 17.6. The van der Waals surface area contributed by atoms with E-state index in [-0.39, 0.29) is 70.8 Å². The largest absolute Gasteiger partial charge is 0.453 e. The van der Waals surface area contributed by atoms with E-state index >= 15 is 8.78 Å². The highest BCUT2D eigenvalue weighted by Crippen LogP contribution is 2.59. The number of likely N-dealkylation sites (tertiary alicyclic amines) is 2. The summed E-state index contributed by atoms with van der Waals surface area (Å²) in [5.74, 6) is -2.60. The second-order valence-electron chi connectivity index (χ2n) is 21.0. The van der Waals surface area contributed by atoms with E-state index in [1.165, 1.54) is 13.2 Å². The molecule has 6 atom stereocenters. The topological polar surface area (TPSA) is 175 Å². The summed E-state index contributed by atoms with van der Waals surface area (Å²) in [5.41, 5.74) is 5.46. The van der Waals surface area contributed by atoms with Gasteiger partial charge in [0.1, 0.15) is 30.3 Å². The maximum Gasteiger partial charge on any atom is 0.408 e. The predicted molar refractivity (Wildman–Crippen MR) is 262 cm³/mol. The van der Waals surface area contributed by atoms with Gasteiger partial charge in [-0.1, -0.05) is 88.4 Å². The van der Waals surface area contributed by atoms with Crippen molar-refractivity contribution in [3.05, 3.63) is 119 Å². The molecule has 6 aromatic rings. The number of carbonyl (C=O) groups is 4. The first-order valence-electron chi connectivity index (χ1n) is 24.8. The molecule has 0 radical (unpaired) electrons. The molecule has 368 valence electrons. The number of amides is 4. The molecule has 3 aliphatic carbocycles. The Morgan fingerprint density at radius 2 is 1.45 bits per heavy atom. The lowest BCUT2D eigenvalue weighted by Gasteiger charge is -2.37. The zero-order valence-electron chi connectivity index (χ0n) is 40.4. The molecule has 4 amide bonds. The van der Waals surface area contributed by atoms with Gasteiger partial charge in [-0.05, 0) is 114 Å². The Hall–Kier alpha value is -7.10. The lowest BCUT2D eigenvalue weighted by Crippen LogP contribution is -2.54. The van der Waals surface area contributed by atoms with E-state index in [2.05, 4.69) is 20.6 Å². The summed E-state index contributed by atoms with van der Waals surface area (Å²) in [6.45, 7) is 8.18. The van der Waals surface area contributed by atoms with Crippen LogP contribution in [0.4, 0.5) is 18.4 Å². The molecule has 4 heterocycles. The summed E-state index contributed by atoms with van der Waals surface area (Å²) in [6, 6.07) is 23.1. The summed E-state index contributed by atoms with van der Waals surface area (Å²) in [7, 11) is 1.28. The quantitative estimate of drug-likeness (QED) is 0.0938. The van der Waals surface area contributed by atoms with Crippen LogP contribution in [0.5, 0.6) is 0 Å². The van der Waals surface area contributed by atoms with Crippen molar-refractivity contribution in [3.8, 4) is 33.5 Å². The summed E-state index contributed by atoms with van der Waals surface area (Å²) in [5, 5.41) is 5.56. The number of nitrogens with zero attached hydrogens (tertiary/aromatic N) is 4. The highest BCUT2D eigenvalue weighted by molar-refractivity contribution is 5.89. The third kappa shape index (κ3) is 8.28. The first kappa shape index (κ1) is 46.3. The van der Waals surface area contributed by atoms with E-state index in [9.17, 15) is 19.2 Å². The van der Waals surface area contributed by atoms with Crippen molar-refractivity contribution >= 4 is 35.0 Å². The number of aromatic nitrogens is 4. The fourth-order valence-electron chi connectivity index (χ4n) is 11.7. The molecule has 16 heteroatoms. The van der Waals surface area contributed by atoms with Gasteiger partial charge in [0.2, 0.25) is 11.8 Å². The molecule has 2 bridgehead atoms. The van der Waals surface area contributed by atoms with Gasteiger partial charge < -0.3 is 39.9 Å². The number of piperidine rings is 1. The number of alkyl halides is 2. The van der Waals surface area contributed by atoms with Gasteiger partial charge in [0.05, 0.1) is 42.1 Å². The number of H-pyrrole nitrogens is 2. The highest BCUT2D eigenvalue weighted by Gasteiger charge is 2.56. The molecule has 2 saturated carbocycles. The number of ether oxygens (including phenoxy) is 2. The van der Waals surface area contributed by atoms with Crippen LogP contribution in [0.1, 0.15) is 107 Å². The fraction of sp³-hybridized carbons (Fsp3) is 0.418. The summed E-state index contributed by atoms with van der Waals surface area (Å²) >= 11 is 0. The molecule has 71 heavy (non-hydrogen) atoms. The van der Waals surface area contributed by atoms with Crippen LogP contribution in [-0.2, 0) is 31.6 Å². The molecule has 5 aliphatic rings. The monoisotopic (exact) mass is 964 g/mol. The lowest BCUT2D eigenvalue weighted by atomic mass is 9.95. The van der Waals surface area contributed by atoms with Crippen molar-refractivity contribution in [2.75, 3.05) is 13.7 Å². The number of halogens is 2. The standard InChI is InChI=1S/C55H58F2N8O6/c1-29(2)45(63-53(69)71-27-31-9-7-6-8-10-31)50(66)64-28-54(19-20-54)25-44(64)48-58-26-43(61-48)34-13-17-38-37-16-12-32(22-39(37)55(56,57)40(38)23-34)33-14-18-41-42(24-33)60-49(59-41)47-35-11-15-36(21-35)65(47)51(67)46(30(3)4)62-52(68)70-5/h6-10,12-14,16-18,22-24,26,29-30,35-36,44-47H,11,15,19-21,25,27-28H2,1-5H3,(H,58,61)(H,59,60)(H,62,68)(H,63,69)/t35?,36?,44?,45?,46-,47-/m0/s1. The molecule has 14 nitrogen and oxygen atoms in total. The van der Waals surface area contributed by atoms with Crippen LogP contribution in [0.15, 0.2) is 91.1 Å². The Morgan fingerprint density at radius 3 is 2.15 bits per heavy atom. The summed E-state index contributed by atoms with van der Waals surface area (Å²) in [6.07, 6.45) is 5.71. The third-order valence-corrected chi connectivity index (χ3v) is 15.7. The van der Waals surface area contributed by atoms with Crippen molar-refractivity contribution in [2.45, 2.75) is 109 Å². The number of imidazole rings is 2. The van der Waals surface area contributed by atoms with E-state index in [0.29, 0.717) is 58.1 Å². The molecule has 4 fully saturated rings. The number of hydrogen-bond acceptors (Lipinski definition) is 8. The minimum atomic E-state index is -3.30. The average Bonchev–Trinajstić information content (AvgIpc) is 4.03. The highest BCUT2D eigenvalue weighted by atomic mass is 19.3. The number of nitrogens with one attached hydrogen (secondary N) is 4. The second-order valence-corrected chi connectivity index (χ2v) is 21.0. The third-order valence-electron chi connectivity index (χ3n) is 15.7. The van der Waals surface area contributed by atoms with Gasteiger partial charge >= 0.3 is 12.2 Å². The van der Waals surface area contributed by atoms with Crippen molar-refractivity contribution in [1.29, 1.82) is 0 Å². The number of fused-ring (bicyclic) bond motifs is 6. The minimum absolute atomic E-state index is 0.0151. The van der Waals surface area contributed by atoms with Gasteiger partial charge in [-0.15, -0.1) is 0 Å². The van der Waals surface area contributed by atoms with E-state index in [0.717, 1.165) is 48.7 Å². The van der Waals surface area contributed by atoms with E-state index < -0.39 is 30.2 Å². The Kier molecular flexibility index (Phi) is 11.5. The molecule has 2 aromatic heterocycles. The average molecular weight is 965 g/mol. The zero-order chi connectivity index (χ0) is 49.5. The minimum Gasteiger partial charge on any atom is -0.453 e. The Morgan fingerprint density at radius 1 is 0.789 bits per heavy atom. The number of hydrogen-bond donors (Lipinski definition) is 4. The zero-order valence-corrected chi connectivity index (χ0v) is 40.4. The lowest BCUT2D eigenvalue weighted by molar-refractivity contribution is -0.139. The molecule has 11 rings (SSSR count). The first-order valence-corrected chi connectivity index (χ1v) is 24.8. The Bertz CT molecular complexity index is 3070. The molecule has 1 spiro atoms. The molecular formula is C55H58F2N8O6. The Balaban J connectivity index is 0.813. The van der Waals surface area contributed by atoms with Crippen molar-refractivity contribution in [1.82, 2.24) is 40.4 Å². The smallest absolute Gasteiger partial charge is 0.408 e.